The summed E-state index contributed by atoms with van der Waals surface area (Å²) in [6.45, 7) is 4.05. The van der Waals surface area contributed by atoms with Crippen LogP contribution in [0.15, 0.2) is 35.1 Å². The standard InChI is InChI=1S/C35H36FN7O6/c1-5-35(49-34(47)42(4)12-11-38-3)21-13-26-30-19(15-43(26)32(45)20(21)16-48-33(35)46)29-23(41-31(44)24-7-6-8-27(37)39-24)10-9-18-17(2)22(36)14-25(40-30)28(18)29/h6-8,13-14,23,38H,5,9-12,15-16H2,1-4H3,(H2,37,39)(H,41,44)/t23-,35-/m1/s1. The highest BCUT2D eigenvalue weighted by molar-refractivity contribution is 5.96. The minimum Gasteiger partial charge on any atom is -0.457 e. The van der Waals surface area contributed by atoms with Gasteiger partial charge in [-0.05, 0) is 68.1 Å². The van der Waals surface area contributed by atoms with Gasteiger partial charge in [0, 0.05) is 42.7 Å². The lowest BCUT2D eigenvalue weighted by molar-refractivity contribution is -0.173. The van der Waals surface area contributed by atoms with E-state index in [0.717, 1.165) is 16.5 Å². The largest absolute Gasteiger partial charge is 0.457 e. The number of cyclic esters (lactones) is 1. The summed E-state index contributed by atoms with van der Waals surface area (Å²) < 4.78 is 28.3. The summed E-state index contributed by atoms with van der Waals surface area (Å²) in [4.78, 5) is 64.8. The number of benzene rings is 1. The summed E-state index contributed by atoms with van der Waals surface area (Å²) in [5.41, 5.74) is 8.06. The number of aryl methyl sites for hydroxylation is 1. The molecule has 0 bridgehead atoms. The molecule has 13 nitrogen and oxygen atoms in total. The molecule has 0 radical (unpaired) electrons. The van der Waals surface area contributed by atoms with Crippen molar-refractivity contribution in [3.8, 4) is 11.4 Å². The number of esters is 1. The van der Waals surface area contributed by atoms with E-state index in [0.29, 0.717) is 54.0 Å². The summed E-state index contributed by atoms with van der Waals surface area (Å²) in [6.07, 6.45) is 0.229. The summed E-state index contributed by atoms with van der Waals surface area (Å²) >= 11 is 0. The molecule has 0 fully saturated rings. The predicted octanol–water partition coefficient (Wildman–Crippen LogP) is 3.22. The Kier molecular flexibility index (Phi) is 7.85. The predicted molar refractivity (Wildman–Crippen MR) is 177 cm³/mol. The van der Waals surface area contributed by atoms with E-state index in [1.54, 1.807) is 56.8 Å². The number of anilines is 1. The average molecular weight is 670 g/mol. The van der Waals surface area contributed by atoms with Crippen molar-refractivity contribution in [3.05, 3.63) is 85.6 Å². The Balaban J connectivity index is 1.39. The minimum absolute atomic E-state index is 0.0105. The third kappa shape index (κ3) is 5.00. The monoisotopic (exact) mass is 669 g/mol. The highest BCUT2D eigenvalue weighted by atomic mass is 19.1. The Morgan fingerprint density at radius 3 is 2.73 bits per heavy atom. The first-order valence-electron chi connectivity index (χ1n) is 16.2. The number of carbonyl (C=O) groups excluding carboxylic acids is 3. The van der Waals surface area contributed by atoms with Crippen molar-refractivity contribution < 1.29 is 28.2 Å². The van der Waals surface area contributed by atoms with Gasteiger partial charge in [0.1, 0.15) is 23.9 Å². The number of hydrogen-bond acceptors (Lipinski definition) is 10. The van der Waals surface area contributed by atoms with E-state index in [1.807, 2.05) is 0 Å². The van der Waals surface area contributed by atoms with Crippen LogP contribution in [-0.4, -0.2) is 64.6 Å². The fourth-order valence-electron chi connectivity index (χ4n) is 7.26. The Hall–Kier alpha value is -5.37. The molecule has 49 heavy (non-hydrogen) atoms. The van der Waals surface area contributed by atoms with Crippen LogP contribution in [0.1, 0.15) is 69.7 Å². The maximum atomic E-state index is 15.3. The number of nitrogens with two attached hydrogens (primary N) is 1. The number of nitrogen functional groups attached to an aromatic ring is 1. The number of pyridine rings is 3. The van der Waals surface area contributed by atoms with E-state index in [-0.39, 0.29) is 42.2 Å². The van der Waals surface area contributed by atoms with E-state index in [9.17, 15) is 19.2 Å². The van der Waals surface area contributed by atoms with Crippen molar-refractivity contribution in [1.29, 1.82) is 0 Å². The number of aromatic nitrogens is 3. The molecule has 3 aromatic heterocycles. The number of fused-ring (bicyclic) bond motifs is 5. The second-order valence-electron chi connectivity index (χ2n) is 12.7. The van der Waals surface area contributed by atoms with Gasteiger partial charge in [0.25, 0.3) is 11.5 Å². The number of amides is 2. The molecule has 0 unspecified atom stereocenters. The van der Waals surface area contributed by atoms with Gasteiger partial charge in [-0.3, -0.25) is 9.59 Å². The number of nitrogens with one attached hydrogen (secondary N) is 2. The Morgan fingerprint density at radius 2 is 2.00 bits per heavy atom. The summed E-state index contributed by atoms with van der Waals surface area (Å²) in [5, 5.41) is 6.80. The number of halogens is 1. The molecule has 2 amide bonds. The normalized spacial score (nSPS) is 18.7. The van der Waals surface area contributed by atoms with Crippen LogP contribution < -0.4 is 21.9 Å². The number of nitrogens with zero attached hydrogens (tertiary/aromatic N) is 4. The van der Waals surface area contributed by atoms with Gasteiger partial charge in [0.2, 0.25) is 5.60 Å². The maximum absolute atomic E-state index is 15.3. The van der Waals surface area contributed by atoms with Gasteiger partial charge in [0.05, 0.1) is 35.1 Å². The van der Waals surface area contributed by atoms with E-state index < -0.39 is 41.0 Å². The van der Waals surface area contributed by atoms with Crippen LogP contribution in [0.3, 0.4) is 0 Å². The van der Waals surface area contributed by atoms with E-state index in [4.69, 9.17) is 20.2 Å². The average Bonchev–Trinajstić information content (AvgIpc) is 3.46. The molecular formula is C35H36FN7O6. The highest BCUT2D eigenvalue weighted by Gasteiger charge is 2.51. The zero-order valence-electron chi connectivity index (χ0n) is 27.6. The second-order valence-corrected chi connectivity index (χ2v) is 12.7. The molecule has 5 heterocycles. The minimum atomic E-state index is -1.88. The number of hydrogen-bond donors (Lipinski definition) is 3. The van der Waals surface area contributed by atoms with Gasteiger partial charge in [-0.25, -0.2) is 23.9 Å². The first-order valence-corrected chi connectivity index (χ1v) is 16.2. The van der Waals surface area contributed by atoms with Crippen LogP contribution in [0.2, 0.25) is 0 Å². The van der Waals surface area contributed by atoms with Crippen molar-refractivity contribution in [2.45, 2.75) is 57.9 Å². The van der Waals surface area contributed by atoms with Gasteiger partial charge in [-0.15, -0.1) is 0 Å². The van der Waals surface area contributed by atoms with Gasteiger partial charge in [0.15, 0.2) is 0 Å². The Bertz CT molecular complexity index is 2150. The number of carbonyl (C=O) groups is 3. The van der Waals surface area contributed by atoms with Gasteiger partial charge < -0.3 is 35.3 Å². The molecule has 0 spiro atoms. The summed E-state index contributed by atoms with van der Waals surface area (Å²) in [6, 6.07) is 7.33. The number of rotatable bonds is 7. The van der Waals surface area contributed by atoms with Gasteiger partial charge >= 0.3 is 12.1 Å². The smallest absolute Gasteiger partial charge is 0.411 e. The number of likely N-dealkylation sites (N-methyl/N-ethyl adjacent to an activating group) is 2. The van der Waals surface area contributed by atoms with Crippen LogP contribution >= 0.6 is 0 Å². The van der Waals surface area contributed by atoms with Crippen molar-refractivity contribution in [1.82, 2.24) is 30.1 Å². The molecule has 7 rings (SSSR count). The molecule has 1 aromatic carbocycles. The molecule has 254 valence electrons. The lowest BCUT2D eigenvalue weighted by atomic mass is 9.81. The van der Waals surface area contributed by atoms with Gasteiger partial charge in [-0.2, -0.15) is 0 Å². The third-order valence-corrected chi connectivity index (χ3v) is 9.92. The van der Waals surface area contributed by atoms with Crippen molar-refractivity contribution in [3.63, 3.8) is 0 Å². The maximum Gasteiger partial charge on any atom is 0.411 e. The zero-order chi connectivity index (χ0) is 34.8. The van der Waals surface area contributed by atoms with Crippen molar-refractivity contribution in [2.24, 2.45) is 0 Å². The Morgan fingerprint density at radius 1 is 1.20 bits per heavy atom. The molecule has 1 aliphatic carbocycles. The fourth-order valence-corrected chi connectivity index (χ4v) is 7.26. The Labute approximate surface area is 280 Å². The van der Waals surface area contributed by atoms with E-state index >= 15 is 4.39 Å². The van der Waals surface area contributed by atoms with Crippen LogP contribution in [-0.2, 0) is 39.4 Å². The lowest BCUT2D eigenvalue weighted by Crippen LogP contribution is -2.49. The first kappa shape index (κ1) is 32.2. The molecular weight excluding hydrogens is 633 g/mol. The molecule has 0 saturated carbocycles. The van der Waals surface area contributed by atoms with E-state index in [2.05, 4.69) is 15.6 Å². The SMILES string of the molecule is CC[C@]1(OC(=O)N(C)CCNC)C(=O)OCc2c1cc1n(c2=O)Cc2c-1nc1cc(F)c(C)c3c1c2[C@H](NC(=O)c1cccc(N)n1)CC3. The van der Waals surface area contributed by atoms with Gasteiger partial charge in [-0.1, -0.05) is 13.0 Å². The third-order valence-electron chi connectivity index (χ3n) is 9.92. The summed E-state index contributed by atoms with van der Waals surface area (Å²) in [5.74, 6) is -1.40. The molecule has 4 aromatic rings. The fraction of sp³-hybridized carbons (Fsp3) is 0.371. The summed E-state index contributed by atoms with van der Waals surface area (Å²) in [7, 11) is 3.31. The van der Waals surface area contributed by atoms with Crippen molar-refractivity contribution >= 4 is 34.7 Å². The quantitative estimate of drug-likeness (QED) is 0.219. The highest BCUT2D eigenvalue weighted by Crippen LogP contribution is 2.46. The zero-order valence-corrected chi connectivity index (χ0v) is 27.6. The lowest BCUT2D eigenvalue weighted by Gasteiger charge is -2.36. The first-order chi connectivity index (χ1) is 23.5. The molecule has 4 N–H and O–H groups in total. The van der Waals surface area contributed by atoms with Crippen LogP contribution in [0, 0.1) is 12.7 Å². The second kappa shape index (κ2) is 11.9. The number of ether oxygens (including phenoxy) is 2. The van der Waals surface area contributed by atoms with Crippen LogP contribution in [0.5, 0.6) is 0 Å². The molecule has 14 heteroatoms. The van der Waals surface area contributed by atoms with E-state index in [1.165, 1.54) is 11.0 Å². The van der Waals surface area contributed by atoms with Crippen molar-refractivity contribution in [2.75, 3.05) is 32.9 Å². The molecule has 2 aliphatic heterocycles. The van der Waals surface area contributed by atoms with Crippen LogP contribution in [0.25, 0.3) is 22.3 Å². The molecule has 2 atom stereocenters. The van der Waals surface area contributed by atoms with Crippen LogP contribution in [0.4, 0.5) is 15.0 Å². The molecule has 3 aliphatic rings. The molecule has 0 saturated heterocycles. The topological polar surface area (TPSA) is 171 Å².